The molecule has 17 heavy (non-hydrogen) atoms. The van der Waals surface area contributed by atoms with Gasteiger partial charge in [0, 0.05) is 11.3 Å². The third kappa shape index (κ3) is 3.78. The van der Waals surface area contributed by atoms with E-state index in [4.69, 9.17) is 10.2 Å². The summed E-state index contributed by atoms with van der Waals surface area (Å²) in [6.45, 7) is 7.09. The predicted molar refractivity (Wildman–Crippen MR) is 68.6 cm³/mol. The molecule has 0 saturated heterocycles. The van der Waals surface area contributed by atoms with Gasteiger partial charge >= 0.3 is 0 Å². The lowest BCUT2D eigenvalue weighted by molar-refractivity contribution is -0.0977. The van der Waals surface area contributed by atoms with Crippen LogP contribution in [0.2, 0.25) is 19.6 Å². The molecule has 0 aliphatic heterocycles. The van der Waals surface area contributed by atoms with Crippen LogP contribution in [0.15, 0.2) is 24.3 Å². The summed E-state index contributed by atoms with van der Waals surface area (Å²) in [5.74, 6) is -2.99. The molecular formula is C12H19F2NOSi. The van der Waals surface area contributed by atoms with Gasteiger partial charge in [-0.25, -0.2) is 0 Å². The molecule has 96 valence electrons. The van der Waals surface area contributed by atoms with Crippen molar-refractivity contribution in [1.29, 1.82) is 0 Å². The minimum absolute atomic E-state index is 0.0579. The average Bonchev–Trinajstić information content (AvgIpc) is 2.15. The van der Waals surface area contributed by atoms with Gasteiger partial charge in [0.1, 0.15) is 6.10 Å². The molecule has 5 heteroatoms. The van der Waals surface area contributed by atoms with Gasteiger partial charge in [0.15, 0.2) is 8.32 Å². The Kier molecular flexibility index (Phi) is 3.94. The molecule has 1 unspecified atom stereocenters. The fourth-order valence-corrected chi connectivity index (χ4v) is 2.75. The van der Waals surface area contributed by atoms with Crippen LogP contribution in [-0.2, 0) is 10.3 Å². The molecule has 0 aliphatic carbocycles. The van der Waals surface area contributed by atoms with E-state index in [1.165, 1.54) is 31.2 Å². The van der Waals surface area contributed by atoms with E-state index in [2.05, 4.69) is 0 Å². The third-order valence-corrected chi connectivity index (χ3v) is 3.40. The summed E-state index contributed by atoms with van der Waals surface area (Å²) in [7, 11) is -1.98. The molecule has 0 bridgehead atoms. The first-order chi connectivity index (χ1) is 7.63. The van der Waals surface area contributed by atoms with Crippen molar-refractivity contribution < 1.29 is 13.2 Å². The normalized spacial score (nSPS) is 14.7. The molecule has 2 N–H and O–H groups in total. The largest absolute Gasteiger partial charge is 0.408 e. The van der Waals surface area contributed by atoms with Gasteiger partial charge in [-0.05, 0) is 38.7 Å². The first-order valence-electron chi connectivity index (χ1n) is 5.54. The number of rotatable bonds is 4. The maximum absolute atomic E-state index is 14.1. The number of hydrogen-bond acceptors (Lipinski definition) is 2. The summed E-state index contributed by atoms with van der Waals surface area (Å²) >= 11 is 0. The van der Waals surface area contributed by atoms with Crippen molar-refractivity contribution in [1.82, 2.24) is 0 Å². The lowest BCUT2D eigenvalue weighted by Crippen LogP contribution is -2.39. The summed E-state index contributed by atoms with van der Waals surface area (Å²) in [6, 6.07) is 5.65. The van der Waals surface area contributed by atoms with E-state index in [1.54, 1.807) is 0 Å². The first kappa shape index (κ1) is 14.1. The van der Waals surface area contributed by atoms with Crippen molar-refractivity contribution in [2.45, 2.75) is 38.6 Å². The van der Waals surface area contributed by atoms with Crippen LogP contribution in [-0.4, -0.2) is 14.4 Å². The lowest BCUT2D eigenvalue weighted by Gasteiger charge is -2.30. The van der Waals surface area contributed by atoms with Crippen molar-refractivity contribution in [3.8, 4) is 0 Å². The number of halogens is 2. The second-order valence-electron chi connectivity index (χ2n) is 5.12. The van der Waals surface area contributed by atoms with Gasteiger partial charge in [-0.3, -0.25) is 0 Å². The van der Waals surface area contributed by atoms with Crippen molar-refractivity contribution in [2.24, 2.45) is 0 Å². The van der Waals surface area contributed by atoms with E-state index in [1.807, 2.05) is 19.6 Å². The standard InChI is InChI=1S/C12H19F2NOSi/c1-9(16-17(2,3)4)12(13,14)10-5-7-11(15)8-6-10/h5-9H,15H2,1-4H3. The highest BCUT2D eigenvalue weighted by Gasteiger charge is 2.41. The summed E-state index contributed by atoms with van der Waals surface area (Å²) in [4.78, 5) is 0. The van der Waals surface area contributed by atoms with Crippen molar-refractivity contribution in [3.05, 3.63) is 29.8 Å². The minimum atomic E-state index is -2.99. The highest BCUT2D eigenvalue weighted by molar-refractivity contribution is 6.69. The minimum Gasteiger partial charge on any atom is -0.408 e. The van der Waals surface area contributed by atoms with Crippen molar-refractivity contribution in [2.75, 3.05) is 5.73 Å². The molecule has 0 spiro atoms. The summed E-state index contributed by atoms with van der Waals surface area (Å²) in [5.41, 5.74) is 5.90. The highest BCUT2D eigenvalue weighted by Crippen LogP contribution is 2.35. The first-order valence-corrected chi connectivity index (χ1v) is 8.95. The van der Waals surface area contributed by atoms with Crippen LogP contribution in [0.5, 0.6) is 0 Å². The smallest absolute Gasteiger partial charge is 0.297 e. The number of nitrogen functional groups attached to an aromatic ring is 1. The van der Waals surface area contributed by atoms with Crippen LogP contribution < -0.4 is 5.73 Å². The fourth-order valence-electron chi connectivity index (χ4n) is 1.54. The molecule has 0 amide bonds. The van der Waals surface area contributed by atoms with Crippen LogP contribution in [0.1, 0.15) is 12.5 Å². The van der Waals surface area contributed by atoms with E-state index in [9.17, 15) is 8.78 Å². The average molecular weight is 259 g/mol. The van der Waals surface area contributed by atoms with Crippen LogP contribution in [0.3, 0.4) is 0 Å². The Bertz CT molecular complexity index is 373. The molecule has 0 saturated carbocycles. The predicted octanol–water partition coefficient (Wildman–Crippen LogP) is 3.60. The second kappa shape index (κ2) is 4.74. The number of hydrogen-bond donors (Lipinski definition) is 1. The Morgan fingerprint density at radius 2 is 1.65 bits per heavy atom. The third-order valence-electron chi connectivity index (χ3n) is 2.34. The molecule has 1 atom stereocenters. The fraction of sp³-hybridized carbons (Fsp3) is 0.500. The number of anilines is 1. The van der Waals surface area contributed by atoms with Crippen LogP contribution in [0, 0.1) is 0 Å². The van der Waals surface area contributed by atoms with Gasteiger partial charge in [0.2, 0.25) is 0 Å². The SMILES string of the molecule is CC(O[Si](C)(C)C)C(F)(F)c1ccc(N)cc1. The molecule has 2 nitrogen and oxygen atoms in total. The molecule has 1 aromatic carbocycles. The van der Waals surface area contributed by atoms with Gasteiger partial charge in [-0.2, -0.15) is 8.78 Å². The zero-order valence-corrected chi connectivity index (χ0v) is 11.6. The Morgan fingerprint density at radius 1 is 1.18 bits per heavy atom. The maximum Gasteiger partial charge on any atom is 0.297 e. The van der Waals surface area contributed by atoms with E-state index in [0.29, 0.717) is 5.69 Å². The maximum atomic E-state index is 14.1. The molecule has 1 rings (SSSR count). The quantitative estimate of drug-likeness (QED) is 0.662. The number of nitrogens with two attached hydrogens (primary N) is 1. The molecule has 0 aromatic heterocycles. The van der Waals surface area contributed by atoms with Crippen molar-refractivity contribution >= 4 is 14.0 Å². The number of alkyl halides is 2. The molecule has 0 fully saturated rings. The summed E-state index contributed by atoms with van der Waals surface area (Å²) in [6.07, 6.45) is -1.13. The second-order valence-corrected chi connectivity index (χ2v) is 9.58. The van der Waals surface area contributed by atoms with Gasteiger partial charge in [0.25, 0.3) is 5.92 Å². The molecule has 0 aliphatic rings. The summed E-state index contributed by atoms with van der Waals surface area (Å²) < 4.78 is 33.6. The highest BCUT2D eigenvalue weighted by atomic mass is 28.4. The zero-order valence-electron chi connectivity index (χ0n) is 10.6. The Hall–Kier alpha value is -0.943. The van der Waals surface area contributed by atoms with Crippen molar-refractivity contribution in [3.63, 3.8) is 0 Å². The number of benzene rings is 1. The summed E-state index contributed by atoms with van der Waals surface area (Å²) in [5, 5.41) is 0. The van der Waals surface area contributed by atoms with Gasteiger partial charge in [-0.1, -0.05) is 12.1 Å². The van der Waals surface area contributed by atoms with E-state index in [-0.39, 0.29) is 5.56 Å². The van der Waals surface area contributed by atoms with E-state index in [0.717, 1.165) is 0 Å². The zero-order chi connectivity index (χ0) is 13.3. The molecular weight excluding hydrogens is 240 g/mol. The van der Waals surface area contributed by atoms with Gasteiger partial charge in [-0.15, -0.1) is 0 Å². The van der Waals surface area contributed by atoms with Crippen LogP contribution in [0.4, 0.5) is 14.5 Å². The van der Waals surface area contributed by atoms with Crippen LogP contribution in [0.25, 0.3) is 0 Å². The van der Waals surface area contributed by atoms with Gasteiger partial charge in [0.05, 0.1) is 0 Å². The Balaban J connectivity index is 2.90. The lowest BCUT2D eigenvalue weighted by atomic mass is 10.0. The Morgan fingerprint density at radius 3 is 2.06 bits per heavy atom. The topological polar surface area (TPSA) is 35.2 Å². The van der Waals surface area contributed by atoms with E-state index >= 15 is 0 Å². The molecule has 0 heterocycles. The van der Waals surface area contributed by atoms with E-state index < -0.39 is 20.3 Å². The molecule has 1 aromatic rings. The Labute approximate surface area is 102 Å². The van der Waals surface area contributed by atoms with Gasteiger partial charge < -0.3 is 10.2 Å². The van der Waals surface area contributed by atoms with Crippen LogP contribution >= 0.6 is 0 Å². The molecule has 0 radical (unpaired) electrons. The monoisotopic (exact) mass is 259 g/mol.